The van der Waals surface area contributed by atoms with Crippen LogP contribution in [0.1, 0.15) is 46.1 Å². The maximum Gasteiger partial charge on any atom is 0.307 e. The van der Waals surface area contributed by atoms with E-state index in [1.807, 2.05) is 41.5 Å². The predicted molar refractivity (Wildman–Crippen MR) is 160 cm³/mol. The minimum Gasteiger partial charge on any atom is -0.481 e. The van der Waals surface area contributed by atoms with Gasteiger partial charge in [0.1, 0.15) is 17.8 Å². The normalized spacial score (nSPS) is 20.6. The molecule has 43 heavy (non-hydrogen) atoms. The number of hydrogen-bond acceptors (Lipinski definition) is 7. The summed E-state index contributed by atoms with van der Waals surface area (Å²) in [6.07, 6.45) is 3.23. The fraction of sp³-hybridized carbons (Fsp3) is 0.355. The highest BCUT2D eigenvalue weighted by atomic mass is 32.2. The lowest BCUT2D eigenvalue weighted by atomic mass is 10.0. The molecule has 2 saturated heterocycles. The Hall–Kier alpha value is -4.03. The Morgan fingerprint density at radius 2 is 1.95 bits per heavy atom. The number of nitrogens with zero attached hydrogens (tertiary/aromatic N) is 5. The minimum atomic E-state index is -1.10. The van der Waals surface area contributed by atoms with Gasteiger partial charge in [0.15, 0.2) is 11.3 Å². The number of benzene rings is 2. The second-order valence-corrected chi connectivity index (χ2v) is 12.0. The van der Waals surface area contributed by atoms with Crippen molar-refractivity contribution in [1.29, 1.82) is 0 Å². The van der Waals surface area contributed by atoms with E-state index in [9.17, 15) is 18.4 Å². The van der Waals surface area contributed by atoms with Gasteiger partial charge in [0, 0.05) is 37.0 Å². The molecule has 2 aromatic carbocycles. The van der Waals surface area contributed by atoms with Crippen LogP contribution in [-0.4, -0.2) is 74.6 Å². The average molecular weight is 607 g/mol. The molecule has 6 rings (SSSR count). The Balaban J connectivity index is 1.15. The van der Waals surface area contributed by atoms with Gasteiger partial charge in [-0.2, -0.15) is 0 Å². The number of halogens is 2. The van der Waals surface area contributed by atoms with Crippen LogP contribution in [0.2, 0.25) is 0 Å². The van der Waals surface area contributed by atoms with Gasteiger partial charge in [-0.3, -0.25) is 14.5 Å². The first-order valence-corrected chi connectivity index (χ1v) is 15.4. The number of carbonyl (C=O) groups is 2. The molecule has 1 amide bonds. The molecule has 4 aromatic rings. The summed E-state index contributed by atoms with van der Waals surface area (Å²) < 4.78 is 30.5. The monoisotopic (exact) mass is 606 g/mol. The number of carboxylic acid groups (broad SMARTS) is 1. The summed E-state index contributed by atoms with van der Waals surface area (Å²) in [5, 5.41) is 16.9. The summed E-state index contributed by atoms with van der Waals surface area (Å²) in [4.78, 5) is 33.6. The number of amides is 1. The fourth-order valence-electron chi connectivity index (χ4n) is 6.04. The molecule has 3 atom stereocenters. The van der Waals surface area contributed by atoms with Gasteiger partial charge in [0.25, 0.3) is 5.91 Å². The molecular weight excluding hydrogens is 574 g/mol. The van der Waals surface area contributed by atoms with Gasteiger partial charge in [0.05, 0.1) is 25.2 Å². The number of hydrogen-bond donors (Lipinski definition) is 2. The third-order valence-corrected chi connectivity index (χ3v) is 8.71. The van der Waals surface area contributed by atoms with E-state index in [0.29, 0.717) is 30.1 Å². The first kappa shape index (κ1) is 29.1. The fourth-order valence-corrected chi connectivity index (χ4v) is 6.53. The summed E-state index contributed by atoms with van der Waals surface area (Å²) >= 11 is 1.43. The number of likely N-dealkylation sites (tertiary alicyclic amines) is 1. The van der Waals surface area contributed by atoms with Crippen LogP contribution in [-0.2, 0) is 17.8 Å². The molecule has 9 nitrogen and oxygen atoms in total. The topological polar surface area (TPSA) is 103 Å². The standard InChI is InChI=1S/C31H32F2N6O3S/c1-43-25-12-21(11-22(32)13-25)26-14-23(33)17-38(26)29-6-5-28-34-15-27(39(28)36-29)31(42)35-24-7-8-37(18-24)16-20-4-2-3-19(9-20)10-30(40)41/h2-6,9,11-13,15,23-24,26H,7-8,10,14,16-18H2,1H3,(H,35,42)(H,40,41)/t23-,24-,26+/m0/s1. The first-order chi connectivity index (χ1) is 20.7. The summed E-state index contributed by atoms with van der Waals surface area (Å²) in [7, 11) is 0. The highest BCUT2D eigenvalue weighted by Crippen LogP contribution is 2.38. The molecular formula is C31H32F2N6O3S. The molecule has 2 fully saturated rings. The predicted octanol–water partition coefficient (Wildman–Crippen LogP) is 4.51. The van der Waals surface area contributed by atoms with Gasteiger partial charge < -0.3 is 15.3 Å². The van der Waals surface area contributed by atoms with Crippen molar-refractivity contribution in [2.45, 2.75) is 49.0 Å². The first-order valence-electron chi connectivity index (χ1n) is 14.2. The molecule has 2 aliphatic heterocycles. The van der Waals surface area contributed by atoms with Crippen molar-refractivity contribution in [2.75, 3.05) is 30.8 Å². The minimum absolute atomic E-state index is 0.0158. The highest BCUT2D eigenvalue weighted by molar-refractivity contribution is 7.98. The van der Waals surface area contributed by atoms with Gasteiger partial charge in [-0.15, -0.1) is 16.9 Å². The van der Waals surface area contributed by atoms with E-state index < -0.39 is 18.2 Å². The number of anilines is 1. The van der Waals surface area contributed by atoms with Crippen LogP contribution < -0.4 is 10.2 Å². The SMILES string of the molecule is CSc1cc(F)cc([C@H]2C[C@H](F)CN2c2ccc3ncc(C(=O)N[C@H]4CCN(Cc5cccc(CC(=O)O)c5)C4)n3n2)c1. The third-order valence-electron chi connectivity index (χ3n) is 8.00. The Labute approximate surface area is 251 Å². The van der Waals surface area contributed by atoms with Crippen molar-refractivity contribution in [3.63, 3.8) is 0 Å². The molecule has 0 aliphatic carbocycles. The molecule has 12 heteroatoms. The number of rotatable bonds is 9. The molecule has 0 radical (unpaired) electrons. The molecule has 0 spiro atoms. The Morgan fingerprint density at radius 3 is 2.77 bits per heavy atom. The molecule has 2 N–H and O–H groups in total. The molecule has 0 unspecified atom stereocenters. The summed E-state index contributed by atoms with van der Waals surface area (Å²) in [6, 6.07) is 15.4. The Morgan fingerprint density at radius 1 is 1.12 bits per heavy atom. The molecule has 0 bridgehead atoms. The zero-order valence-electron chi connectivity index (χ0n) is 23.6. The third kappa shape index (κ3) is 6.50. The number of aromatic nitrogens is 3. The van der Waals surface area contributed by atoms with Crippen molar-refractivity contribution in [3.05, 3.63) is 89.0 Å². The van der Waals surface area contributed by atoms with Crippen LogP contribution in [0.3, 0.4) is 0 Å². The van der Waals surface area contributed by atoms with Crippen molar-refractivity contribution < 1.29 is 23.5 Å². The van der Waals surface area contributed by atoms with Crippen molar-refractivity contribution in [2.24, 2.45) is 0 Å². The van der Waals surface area contributed by atoms with Crippen molar-refractivity contribution in [1.82, 2.24) is 24.8 Å². The summed E-state index contributed by atoms with van der Waals surface area (Å²) in [6.45, 7) is 2.23. The number of aliphatic carboxylic acids is 1. The van der Waals surface area contributed by atoms with Crippen molar-refractivity contribution >= 4 is 35.1 Å². The zero-order valence-corrected chi connectivity index (χ0v) is 24.4. The lowest BCUT2D eigenvalue weighted by molar-refractivity contribution is -0.136. The number of alkyl halides is 1. The van der Waals surface area contributed by atoms with E-state index in [2.05, 4.69) is 20.3 Å². The van der Waals surface area contributed by atoms with E-state index in [1.54, 1.807) is 12.1 Å². The van der Waals surface area contributed by atoms with E-state index >= 15 is 0 Å². The lowest BCUT2D eigenvalue weighted by Gasteiger charge is -2.26. The number of imidazole rings is 1. The molecule has 2 aromatic heterocycles. The summed E-state index contributed by atoms with van der Waals surface area (Å²) in [5.74, 6) is -1.04. The average Bonchev–Trinajstić information content (AvgIpc) is 3.70. The Bertz CT molecular complexity index is 1670. The number of carboxylic acids is 1. The van der Waals surface area contributed by atoms with Gasteiger partial charge in [-0.1, -0.05) is 24.3 Å². The van der Waals surface area contributed by atoms with Crippen LogP contribution in [0.4, 0.5) is 14.6 Å². The summed E-state index contributed by atoms with van der Waals surface area (Å²) in [5.41, 5.74) is 3.25. The smallest absolute Gasteiger partial charge is 0.307 e. The van der Waals surface area contributed by atoms with Gasteiger partial charge in [-0.05, 0) is 59.7 Å². The largest absolute Gasteiger partial charge is 0.481 e. The van der Waals surface area contributed by atoms with Gasteiger partial charge >= 0.3 is 5.97 Å². The van der Waals surface area contributed by atoms with Crippen LogP contribution >= 0.6 is 11.8 Å². The molecule has 224 valence electrons. The van der Waals surface area contributed by atoms with Gasteiger partial charge in [-0.25, -0.2) is 18.3 Å². The second kappa shape index (κ2) is 12.3. The number of carbonyl (C=O) groups excluding carboxylic acids is 1. The van der Waals surface area contributed by atoms with Crippen LogP contribution in [0, 0.1) is 5.82 Å². The number of fused-ring (bicyclic) bond motifs is 1. The maximum atomic E-state index is 14.7. The lowest BCUT2D eigenvalue weighted by Crippen LogP contribution is -2.37. The highest BCUT2D eigenvalue weighted by Gasteiger charge is 2.35. The van der Waals surface area contributed by atoms with Crippen LogP contribution in [0.15, 0.2) is 65.7 Å². The maximum absolute atomic E-state index is 14.7. The van der Waals surface area contributed by atoms with Crippen LogP contribution in [0.25, 0.3) is 5.65 Å². The molecule has 4 heterocycles. The zero-order chi connectivity index (χ0) is 30.1. The molecule has 0 saturated carbocycles. The van der Waals surface area contributed by atoms with Gasteiger partial charge in [0.2, 0.25) is 0 Å². The van der Waals surface area contributed by atoms with E-state index in [1.165, 1.54) is 34.6 Å². The second-order valence-electron chi connectivity index (χ2n) is 11.1. The number of nitrogens with one attached hydrogen (secondary N) is 1. The van der Waals surface area contributed by atoms with E-state index in [-0.39, 0.29) is 42.8 Å². The van der Waals surface area contributed by atoms with E-state index in [4.69, 9.17) is 5.11 Å². The molecule has 2 aliphatic rings. The quantitative estimate of drug-likeness (QED) is 0.269. The Kier molecular flexibility index (Phi) is 8.31. The van der Waals surface area contributed by atoms with Crippen LogP contribution in [0.5, 0.6) is 0 Å². The number of thioether (sulfide) groups is 1. The van der Waals surface area contributed by atoms with Crippen molar-refractivity contribution in [3.8, 4) is 0 Å². The van der Waals surface area contributed by atoms with E-state index in [0.717, 1.165) is 29.0 Å².